The highest BCUT2D eigenvalue weighted by Crippen LogP contribution is 2.25. The van der Waals surface area contributed by atoms with Crippen LogP contribution in [0.5, 0.6) is 5.75 Å². The third-order valence-corrected chi connectivity index (χ3v) is 4.87. The number of methoxy groups -OCH3 is 1. The summed E-state index contributed by atoms with van der Waals surface area (Å²) < 4.78 is 5.19. The van der Waals surface area contributed by atoms with Gasteiger partial charge in [-0.3, -0.25) is 14.4 Å². The van der Waals surface area contributed by atoms with E-state index in [2.05, 4.69) is 10.3 Å². The summed E-state index contributed by atoms with van der Waals surface area (Å²) >= 11 is 0. The number of benzene rings is 2. The minimum Gasteiger partial charge on any atom is -0.497 e. The van der Waals surface area contributed by atoms with Crippen molar-refractivity contribution in [1.29, 1.82) is 0 Å². The van der Waals surface area contributed by atoms with Crippen LogP contribution in [-0.4, -0.2) is 42.3 Å². The van der Waals surface area contributed by atoms with E-state index in [9.17, 15) is 14.4 Å². The van der Waals surface area contributed by atoms with Crippen LogP contribution in [0.4, 0.5) is 5.69 Å². The number of Topliss-reactive ketones (excluding diaryl/α,β-unsaturated/α-hetero) is 1. The topological polar surface area (TPSA) is 91.5 Å². The molecule has 3 aromatic rings. The van der Waals surface area contributed by atoms with Gasteiger partial charge in [0, 0.05) is 41.8 Å². The molecule has 2 aromatic carbocycles. The Bertz CT molecular complexity index is 1070. The summed E-state index contributed by atoms with van der Waals surface area (Å²) in [5.41, 5.74) is 1.81. The molecule has 1 atom stereocenters. The van der Waals surface area contributed by atoms with Crippen molar-refractivity contribution in [2.75, 3.05) is 18.6 Å². The van der Waals surface area contributed by atoms with Crippen LogP contribution in [0.15, 0.2) is 54.7 Å². The summed E-state index contributed by atoms with van der Waals surface area (Å²) in [5.74, 6) is -0.801. The SMILES string of the molecule is COc1cccc(N2C[C@@H](NC(=O)C(=O)c3c[nH]c4ccccc34)CC2=O)c1. The van der Waals surface area contributed by atoms with E-state index in [1.54, 1.807) is 36.3 Å². The smallest absolute Gasteiger partial charge is 0.292 e. The van der Waals surface area contributed by atoms with Crippen molar-refractivity contribution >= 4 is 34.2 Å². The summed E-state index contributed by atoms with van der Waals surface area (Å²) in [6, 6.07) is 14.0. The lowest BCUT2D eigenvalue weighted by Gasteiger charge is -2.17. The van der Waals surface area contributed by atoms with Gasteiger partial charge < -0.3 is 19.9 Å². The molecule has 7 nitrogen and oxygen atoms in total. The lowest BCUT2D eigenvalue weighted by molar-refractivity contribution is -0.118. The van der Waals surface area contributed by atoms with Crippen molar-refractivity contribution in [1.82, 2.24) is 10.3 Å². The molecule has 1 aromatic heterocycles. The van der Waals surface area contributed by atoms with Crippen LogP contribution < -0.4 is 15.0 Å². The monoisotopic (exact) mass is 377 g/mol. The first-order valence-electron chi connectivity index (χ1n) is 8.92. The Hall–Kier alpha value is -3.61. The quantitative estimate of drug-likeness (QED) is 0.527. The number of anilines is 1. The van der Waals surface area contributed by atoms with E-state index in [-0.39, 0.29) is 12.3 Å². The van der Waals surface area contributed by atoms with Crippen LogP contribution in [0.1, 0.15) is 16.8 Å². The fourth-order valence-corrected chi connectivity index (χ4v) is 3.46. The molecule has 0 radical (unpaired) electrons. The molecule has 2 N–H and O–H groups in total. The number of nitrogens with zero attached hydrogens (tertiary/aromatic N) is 1. The molecule has 2 amide bonds. The second kappa shape index (κ2) is 7.19. The van der Waals surface area contributed by atoms with Gasteiger partial charge in [-0.25, -0.2) is 0 Å². The molecule has 0 bridgehead atoms. The van der Waals surface area contributed by atoms with Gasteiger partial charge in [0.1, 0.15) is 5.75 Å². The van der Waals surface area contributed by atoms with Gasteiger partial charge in [0.2, 0.25) is 5.91 Å². The zero-order valence-electron chi connectivity index (χ0n) is 15.3. The molecule has 4 rings (SSSR count). The van der Waals surface area contributed by atoms with E-state index in [1.165, 1.54) is 6.20 Å². The molecular weight excluding hydrogens is 358 g/mol. The highest BCUT2D eigenvalue weighted by Gasteiger charge is 2.33. The van der Waals surface area contributed by atoms with Gasteiger partial charge in [0.05, 0.1) is 18.7 Å². The van der Waals surface area contributed by atoms with Gasteiger partial charge in [-0.2, -0.15) is 0 Å². The number of carbonyl (C=O) groups is 3. The van der Waals surface area contributed by atoms with Crippen molar-refractivity contribution in [3.63, 3.8) is 0 Å². The van der Waals surface area contributed by atoms with Crippen molar-refractivity contribution in [3.8, 4) is 5.75 Å². The Balaban J connectivity index is 1.46. The number of para-hydroxylation sites is 1. The molecule has 1 aliphatic heterocycles. The first-order chi connectivity index (χ1) is 13.6. The van der Waals surface area contributed by atoms with Crippen molar-refractivity contribution in [3.05, 3.63) is 60.3 Å². The highest BCUT2D eigenvalue weighted by molar-refractivity contribution is 6.45. The lowest BCUT2D eigenvalue weighted by Crippen LogP contribution is -2.40. The molecule has 2 heterocycles. The number of rotatable bonds is 5. The molecule has 28 heavy (non-hydrogen) atoms. The van der Waals surface area contributed by atoms with E-state index < -0.39 is 17.7 Å². The van der Waals surface area contributed by atoms with Crippen LogP contribution in [0, 0.1) is 0 Å². The van der Waals surface area contributed by atoms with E-state index in [1.807, 2.05) is 24.3 Å². The average molecular weight is 377 g/mol. The van der Waals surface area contributed by atoms with Crippen LogP contribution in [0.3, 0.4) is 0 Å². The maximum absolute atomic E-state index is 12.6. The number of nitrogens with one attached hydrogen (secondary N) is 2. The summed E-state index contributed by atoms with van der Waals surface area (Å²) in [4.78, 5) is 42.0. The standard InChI is InChI=1S/C21H19N3O4/c1-28-15-6-4-5-14(10-15)24-12-13(9-19(24)25)23-21(27)20(26)17-11-22-18-8-3-2-7-16(17)18/h2-8,10-11,13,22H,9,12H2,1H3,(H,23,27)/t13-/m0/s1. The zero-order chi connectivity index (χ0) is 19.7. The number of ketones is 1. The fourth-order valence-electron chi connectivity index (χ4n) is 3.46. The number of aromatic amines is 1. The molecular formula is C21H19N3O4. The van der Waals surface area contributed by atoms with Crippen LogP contribution in [-0.2, 0) is 9.59 Å². The number of hydrogen-bond acceptors (Lipinski definition) is 4. The van der Waals surface area contributed by atoms with Crippen molar-refractivity contribution < 1.29 is 19.1 Å². The summed E-state index contributed by atoms with van der Waals surface area (Å²) in [6.45, 7) is 0.304. The Labute approximate surface area is 161 Å². The Morgan fingerprint density at radius 2 is 2.00 bits per heavy atom. The number of hydrogen-bond donors (Lipinski definition) is 2. The second-order valence-corrected chi connectivity index (χ2v) is 6.66. The third-order valence-electron chi connectivity index (χ3n) is 4.87. The molecule has 7 heteroatoms. The predicted molar refractivity (Wildman–Crippen MR) is 105 cm³/mol. The minimum absolute atomic E-state index is 0.113. The van der Waals surface area contributed by atoms with E-state index in [0.29, 0.717) is 28.9 Å². The normalized spacial score (nSPS) is 16.4. The zero-order valence-corrected chi connectivity index (χ0v) is 15.3. The van der Waals surface area contributed by atoms with E-state index in [0.717, 1.165) is 5.52 Å². The predicted octanol–water partition coefficient (Wildman–Crippen LogP) is 2.28. The minimum atomic E-state index is -0.713. The molecule has 1 fully saturated rings. The number of carbonyl (C=O) groups excluding carboxylic acids is 3. The van der Waals surface area contributed by atoms with Gasteiger partial charge in [-0.15, -0.1) is 0 Å². The maximum Gasteiger partial charge on any atom is 0.292 e. The van der Waals surface area contributed by atoms with Crippen LogP contribution >= 0.6 is 0 Å². The molecule has 1 saturated heterocycles. The molecule has 0 aliphatic carbocycles. The van der Waals surface area contributed by atoms with Gasteiger partial charge >= 0.3 is 0 Å². The van der Waals surface area contributed by atoms with Gasteiger partial charge in [0.25, 0.3) is 11.7 Å². The summed E-state index contributed by atoms with van der Waals surface area (Å²) in [5, 5.41) is 3.39. The Kier molecular flexibility index (Phi) is 4.57. The average Bonchev–Trinajstić information content (AvgIpc) is 3.30. The van der Waals surface area contributed by atoms with Crippen LogP contribution in [0.2, 0.25) is 0 Å². The van der Waals surface area contributed by atoms with Crippen molar-refractivity contribution in [2.45, 2.75) is 12.5 Å². The highest BCUT2D eigenvalue weighted by atomic mass is 16.5. The Morgan fingerprint density at radius 1 is 1.18 bits per heavy atom. The summed E-state index contributed by atoms with van der Waals surface area (Å²) in [7, 11) is 1.56. The second-order valence-electron chi connectivity index (χ2n) is 6.66. The number of amides is 2. The number of aromatic nitrogens is 1. The maximum atomic E-state index is 12.6. The number of ether oxygens (including phenoxy) is 1. The molecule has 142 valence electrons. The third kappa shape index (κ3) is 3.22. The fraction of sp³-hybridized carbons (Fsp3) is 0.190. The van der Waals surface area contributed by atoms with Gasteiger partial charge in [-0.1, -0.05) is 24.3 Å². The van der Waals surface area contributed by atoms with Gasteiger partial charge in [-0.05, 0) is 18.2 Å². The van der Waals surface area contributed by atoms with E-state index >= 15 is 0 Å². The van der Waals surface area contributed by atoms with Crippen LogP contribution in [0.25, 0.3) is 10.9 Å². The number of H-pyrrole nitrogens is 1. The van der Waals surface area contributed by atoms with E-state index in [4.69, 9.17) is 4.74 Å². The van der Waals surface area contributed by atoms with Crippen molar-refractivity contribution in [2.24, 2.45) is 0 Å². The summed E-state index contributed by atoms with van der Waals surface area (Å²) in [6.07, 6.45) is 1.68. The molecule has 1 aliphatic rings. The van der Waals surface area contributed by atoms with Gasteiger partial charge in [0.15, 0.2) is 0 Å². The largest absolute Gasteiger partial charge is 0.497 e. The first-order valence-corrected chi connectivity index (χ1v) is 8.92. The Morgan fingerprint density at radius 3 is 2.82 bits per heavy atom. The lowest BCUT2D eigenvalue weighted by atomic mass is 10.1. The molecule has 0 spiro atoms. The molecule has 0 saturated carbocycles. The number of fused-ring (bicyclic) bond motifs is 1. The first kappa shape index (κ1) is 17.8. The molecule has 0 unspecified atom stereocenters.